The molecular formula is C8H5F2N3O2. The van der Waals surface area contributed by atoms with Crippen molar-refractivity contribution in [2.45, 2.75) is 0 Å². The van der Waals surface area contributed by atoms with E-state index in [1.54, 1.807) is 0 Å². The van der Waals surface area contributed by atoms with E-state index in [1.165, 1.54) is 0 Å². The van der Waals surface area contributed by atoms with E-state index in [9.17, 15) is 13.6 Å². The Morgan fingerprint density at radius 2 is 2.00 bits per heavy atom. The number of nitrogen functional groups attached to an aromatic ring is 1. The number of nitrogens with one attached hydrogen (secondary N) is 1. The highest BCUT2D eigenvalue weighted by Gasteiger charge is 2.12. The lowest BCUT2D eigenvalue weighted by Gasteiger charge is -2.01. The van der Waals surface area contributed by atoms with Crippen LogP contribution in [0.25, 0.3) is 11.4 Å². The Balaban J connectivity index is 2.63. The van der Waals surface area contributed by atoms with E-state index in [0.717, 1.165) is 12.1 Å². The van der Waals surface area contributed by atoms with Gasteiger partial charge in [-0.3, -0.25) is 9.51 Å². The first-order chi connectivity index (χ1) is 7.08. The summed E-state index contributed by atoms with van der Waals surface area (Å²) in [6.07, 6.45) is 0. The molecule has 15 heavy (non-hydrogen) atoms. The summed E-state index contributed by atoms with van der Waals surface area (Å²) in [6.45, 7) is 0. The molecule has 1 aromatic heterocycles. The summed E-state index contributed by atoms with van der Waals surface area (Å²) in [5, 5.41) is 3.31. The van der Waals surface area contributed by atoms with Gasteiger partial charge in [0.2, 0.25) is 0 Å². The highest BCUT2D eigenvalue weighted by Crippen LogP contribution is 2.24. The zero-order valence-corrected chi connectivity index (χ0v) is 7.25. The Hall–Kier alpha value is -2.18. The molecule has 0 fully saturated rings. The van der Waals surface area contributed by atoms with Crippen LogP contribution in [0.1, 0.15) is 0 Å². The number of nitrogens with two attached hydrogens (primary N) is 1. The molecule has 3 N–H and O–H groups in total. The van der Waals surface area contributed by atoms with Crippen molar-refractivity contribution >= 4 is 5.69 Å². The summed E-state index contributed by atoms with van der Waals surface area (Å²) in [7, 11) is 0. The van der Waals surface area contributed by atoms with Crippen molar-refractivity contribution < 1.29 is 13.3 Å². The number of hydrogen-bond donors (Lipinski definition) is 2. The van der Waals surface area contributed by atoms with Crippen LogP contribution in [0, 0.1) is 11.6 Å². The van der Waals surface area contributed by atoms with Crippen molar-refractivity contribution in [1.29, 1.82) is 0 Å². The van der Waals surface area contributed by atoms with Gasteiger partial charge in [-0.1, -0.05) is 5.16 Å². The summed E-state index contributed by atoms with van der Waals surface area (Å²) < 4.78 is 29.8. The second kappa shape index (κ2) is 3.19. The molecule has 0 radical (unpaired) electrons. The van der Waals surface area contributed by atoms with Crippen LogP contribution in [0.5, 0.6) is 0 Å². The minimum atomic E-state index is -1.08. The van der Waals surface area contributed by atoms with Gasteiger partial charge < -0.3 is 5.73 Å². The lowest BCUT2D eigenvalue weighted by atomic mass is 10.1. The lowest BCUT2D eigenvalue weighted by molar-refractivity contribution is 0.388. The van der Waals surface area contributed by atoms with Crippen LogP contribution in [-0.4, -0.2) is 10.1 Å². The quantitative estimate of drug-likeness (QED) is 0.689. The van der Waals surface area contributed by atoms with Crippen molar-refractivity contribution in [2.75, 3.05) is 5.73 Å². The van der Waals surface area contributed by atoms with E-state index in [0.29, 0.717) is 0 Å². The summed E-state index contributed by atoms with van der Waals surface area (Å²) in [5.41, 5.74) is 5.45. The molecule has 0 aliphatic heterocycles. The number of anilines is 1. The van der Waals surface area contributed by atoms with E-state index in [1.807, 2.05) is 0 Å². The summed E-state index contributed by atoms with van der Waals surface area (Å²) in [6, 6.07) is 1.64. The first kappa shape index (κ1) is 9.38. The van der Waals surface area contributed by atoms with Crippen molar-refractivity contribution in [3.8, 4) is 11.4 Å². The highest BCUT2D eigenvalue weighted by molar-refractivity contribution is 5.70. The predicted octanol–water partition coefficient (Wildman–Crippen LogP) is 0.890. The molecule has 0 aliphatic rings. The molecular weight excluding hydrogens is 208 g/mol. The molecule has 0 spiro atoms. The summed E-state index contributed by atoms with van der Waals surface area (Å²) in [5.74, 6) is -2.99. The van der Waals surface area contributed by atoms with Gasteiger partial charge in [-0.15, -0.1) is 0 Å². The third-order valence-electron chi connectivity index (χ3n) is 1.79. The Morgan fingerprint density at radius 3 is 2.60 bits per heavy atom. The van der Waals surface area contributed by atoms with Gasteiger partial charge in [-0.25, -0.2) is 13.6 Å². The van der Waals surface area contributed by atoms with Crippen LogP contribution < -0.4 is 11.5 Å². The molecule has 0 atom stereocenters. The monoisotopic (exact) mass is 213 g/mol. The van der Waals surface area contributed by atoms with Gasteiger partial charge >= 0.3 is 5.76 Å². The average Bonchev–Trinajstić information content (AvgIpc) is 2.58. The molecule has 2 aromatic rings. The number of nitrogens with zero attached hydrogens (tertiary/aromatic N) is 1. The number of hydrogen-bond acceptors (Lipinski definition) is 4. The van der Waals surface area contributed by atoms with Crippen molar-refractivity contribution in [3.63, 3.8) is 0 Å². The molecule has 0 amide bonds. The molecule has 2 rings (SSSR count). The Kier molecular flexibility index (Phi) is 2.00. The third kappa shape index (κ3) is 1.58. The smallest absolute Gasteiger partial charge is 0.398 e. The van der Waals surface area contributed by atoms with E-state index in [-0.39, 0.29) is 17.1 Å². The highest BCUT2D eigenvalue weighted by atomic mass is 19.2. The number of benzene rings is 1. The van der Waals surface area contributed by atoms with Crippen molar-refractivity contribution in [1.82, 2.24) is 10.1 Å². The number of H-pyrrole nitrogens is 1. The zero-order valence-electron chi connectivity index (χ0n) is 7.25. The van der Waals surface area contributed by atoms with E-state index in [2.05, 4.69) is 14.7 Å². The van der Waals surface area contributed by atoms with Gasteiger partial charge in [0.15, 0.2) is 17.5 Å². The summed E-state index contributed by atoms with van der Waals surface area (Å²) in [4.78, 5) is 12.8. The standard InChI is InChI=1S/C8H5F2N3O2/c9-4-1-3(6(11)2-5(4)10)7-12-8(14)15-13-7/h1-2H,11H2,(H,12,13,14). The first-order valence-electron chi connectivity index (χ1n) is 3.89. The SMILES string of the molecule is Nc1cc(F)c(F)cc1-c1noc(=O)[nH]1. The molecule has 0 saturated heterocycles. The fraction of sp³-hybridized carbons (Fsp3) is 0. The van der Waals surface area contributed by atoms with Gasteiger partial charge in [0.25, 0.3) is 0 Å². The Bertz CT molecular complexity index is 561. The Labute approximate surface area is 81.5 Å². The number of aromatic nitrogens is 2. The third-order valence-corrected chi connectivity index (χ3v) is 1.79. The number of halogens is 2. The van der Waals surface area contributed by atoms with Gasteiger partial charge in [0.1, 0.15) is 0 Å². The van der Waals surface area contributed by atoms with Crippen LogP contribution in [-0.2, 0) is 0 Å². The largest absolute Gasteiger partial charge is 0.439 e. The van der Waals surface area contributed by atoms with Crippen LogP contribution in [0.15, 0.2) is 21.5 Å². The molecule has 0 unspecified atom stereocenters. The maximum absolute atomic E-state index is 12.9. The molecule has 0 saturated carbocycles. The fourth-order valence-electron chi connectivity index (χ4n) is 1.11. The van der Waals surface area contributed by atoms with Gasteiger partial charge in [-0.2, -0.15) is 0 Å². The number of aromatic amines is 1. The minimum absolute atomic E-state index is 0.0431. The molecule has 78 valence electrons. The van der Waals surface area contributed by atoms with Crippen LogP contribution in [0.3, 0.4) is 0 Å². The zero-order chi connectivity index (χ0) is 11.0. The van der Waals surface area contributed by atoms with E-state index in [4.69, 9.17) is 5.73 Å². The first-order valence-corrected chi connectivity index (χ1v) is 3.89. The Morgan fingerprint density at radius 1 is 1.33 bits per heavy atom. The average molecular weight is 213 g/mol. The molecule has 0 aliphatic carbocycles. The lowest BCUT2D eigenvalue weighted by Crippen LogP contribution is -1.98. The van der Waals surface area contributed by atoms with Crippen molar-refractivity contribution in [2.24, 2.45) is 0 Å². The fourth-order valence-corrected chi connectivity index (χ4v) is 1.11. The second-order valence-electron chi connectivity index (χ2n) is 2.80. The maximum atomic E-state index is 12.9. The van der Waals surface area contributed by atoms with Gasteiger partial charge in [0, 0.05) is 17.3 Å². The van der Waals surface area contributed by atoms with Crippen molar-refractivity contribution in [3.05, 3.63) is 34.3 Å². The molecule has 1 aromatic carbocycles. The molecule has 0 bridgehead atoms. The number of rotatable bonds is 1. The minimum Gasteiger partial charge on any atom is -0.398 e. The molecule has 1 heterocycles. The van der Waals surface area contributed by atoms with E-state index < -0.39 is 17.4 Å². The second-order valence-corrected chi connectivity index (χ2v) is 2.80. The van der Waals surface area contributed by atoms with Crippen LogP contribution >= 0.6 is 0 Å². The molecule has 5 nitrogen and oxygen atoms in total. The normalized spacial score (nSPS) is 10.5. The topological polar surface area (TPSA) is 84.9 Å². The van der Waals surface area contributed by atoms with E-state index >= 15 is 0 Å². The van der Waals surface area contributed by atoms with Gasteiger partial charge in [-0.05, 0) is 6.07 Å². The molecule has 7 heteroatoms. The van der Waals surface area contributed by atoms with Crippen LogP contribution in [0.4, 0.5) is 14.5 Å². The van der Waals surface area contributed by atoms with Gasteiger partial charge in [0.05, 0.1) is 0 Å². The van der Waals surface area contributed by atoms with Crippen LogP contribution in [0.2, 0.25) is 0 Å². The summed E-state index contributed by atoms with van der Waals surface area (Å²) >= 11 is 0. The predicted molar refractivity (Wildman–Crippen MR) is 46.9 cm³/mol. The maximum Gasteiger partial charge on any atom is 0.439 e.